The Morgan fingerprint density at radius 1 is 0.400 bits per heavy atom. The van der Waals surface area contributed by atoms with Crippen LogP contribution < -0.4 is 14.5 Å². The van der Waals surface area contributed by atoms with Crippen LogP contribution in [-0.2, 0) is 6.42 Å². The molecule has 2 aliphatic heterocycles. The number of benzene rings is 7. The Morgan fingerprint density at radius 2 is 0.800 bits per heavy atom. The summed E-state index contributed by atoms with van der Waals surface area (Å²) in [5.41, 5.74) is 10.6. The first-order chi connectivity index (χ1) is 24.6. The fraction of sp³-hybridized carbons (Fsp3) is 0.0222. The molecule has 0 atom stereocenters. The fourth-order valence-corrected chi connectivity index (χ4v) is 7.01. The van der Waals surface area contributed by atoms with Crippen molar-refractivity contribution < 1.29 is 14.3 Å². The molecule has 5 heteroatoms. The van der Waals surface area contributed by atoms with Crippen molar-refractivity contribution in [2.45, 2.75) is 6.42 Å². The van der Waals surface area contributed by atoms with Crippen LogP contribution in [0.5, 0.6) is 11.5 Å². The summed E-state index contributed by atoms with van der Waals surface area (Å²) in [6.45, 7) is 0. The van der Waals surface area contributed by atoms with E-state index in [0.717, 1.165) is 52.0 Å². The first-order valence-electron chi connectivity index (χ1n) is 16.6. The minimum absolute atomic E-state index is 0.134. The molecule has 9 rings (SSSR count). The molecule has 0 saturated carbocycles. The van der Waals surface area contributed by atoms with Gasteiger partial charge in [-0.3, -0.25) is 9.59 Å². The van der Waals surface area contributed by atoms with Gasteiger partial charge in [-0.05, 0) is 102 Å². The second-order valence-corrected chi connectivity index (χ2v) is 12.5. The van der Waals surface area contributed by atoms with Crippen LogP contribution >= 0.6 is 0 Å². The lowest BCUT2D eigenvalue weighted by molar-refractivity contribution is 0.103. The maximum Gasteiger partial charge on any atom is 0.193 e. The van der Waals surface area contributed by atoms with Crippen molar-refractivity contribution in [3.63, 3.8) is 0 Å². The van der Waals surface area contributed by atoms with Gasteiger partial charge in [0.05, 0.1) is 11.4 Å². The van der Waals surface area contributed by atoms with Crippen molar-refractivity contribution in [1.82, 2.24) is 0 Å². The van der Waals surface area contributed by atoms with E-state index in [1.54, 1.807) is 24.3 Å². The highest BCUT2D eigenvalue weighted by Crippen LogP contribution is 2.50. The topological polar surface area (TPSA) is 49.9 Å². The van der Waals surface area contributed by atoms with Gasteiger partial charge in [-0.25, -0.2) is 0 Å². The number of nitrogens with zero attached hydrogens (tertiary/aromatic N) is 2. The third-order valence-electron chi connectivity index (χ3n) is 9.44. The number of ether oxygens (including phenoxy) is 1. The lowest BCUT2D eigenvalue weighted by Crippen LogP contribution is -2.18. The summed E-state index contributed by atoms with van der Waals surface area (Å²) in [6, 6.07) is 55.0. The van der Waals surface area contributed by atoms with Crippen molar-refractivity contribution in [3.05, 3.63) is 203 Å². The van der Waals surface area contributed by atoms with Crippen LogP contribution in [0.15, 0.2) is 170 Å². The number of para-hydroxylation sites is 6. The summed E-state index contributed by atoms with van der Waals surface area (Å²) < 4.78 is 6.15. The summed E-state index contributed by atoms with van der Waals surface area (Å²) in [5.74, 6) is 1.26. The Labute approximate surface area is 290 Å². The molecular weight excluding hydrogens is 617 g/mol. The van der Waals surface area contributed by atoms with Gasteiger partial charge in [0.2, 0.25) is 0 Å². The van der Waals surface area contributed by atoms with Crippen molar-refractivity contribution in [3.8, 4) is 11.5 Å². The van der Waals surface area contributed by atoms with E-state index in [1.807, 2.05) is 97.1 Å². The largest absolute Gasteiger partial charge is 0.453 e. The van der Waals surface area contributed by atoms with Crippen molar-refractivity contribution >= 4 is 45.7 Å². The molecule has 2 heterocycles. The quantitative estimate of drug-likeness (QED) is 0.168. The first-order valence-corrected chi connectivity index (χ1v) is 16.6. The maximum atomic E-state index is 13.7. The number of rotatable bonds is 6. The minimum Gasteiger partial charge on any atom is -0.453 e. The van der Waals surface area contributed by atoms with Crippen molar-refractivity contribution in [2.24, 2.45) is 0 Å². The van der Waals surface area contributed by atoms with E-state index in [1.165, 1.54) is 11.1 Å². The smallest absolute Gasteiger partial charge is 0.193 e. The number of anilines is 6. The van der Waals surface area contributed by atoms with Gasteiger partial charge in [-0.1, -0.05) is 78.9 Å². The van der Waals surface area contributed by atoms with Gasteiger partial charge in [0.25, 0.3) is 0 Å². The van der Waals surface area contributed by atoms with Gasteiger partial charge in [-0.2, -0.15) is 0 Å². The van der Waals surface area contributed by atoms with Crippen molar-refractivity contribution in [2.75, 3.05) is 9.80 Å². The molecule has 0 N–H and O–H groups in total. The predicted octanol–water partition coefficient (Wildman–Crippen LogP) is 11.1. The SMILES string of the molecule is O=C(c1ccc(N2c3ccccc3Cc3ccccc32)cc1)c1cccc(C(=O)c2ccc(N3c4ccccc4Oc4ccccc43)cc2)c1. The first kappa shape index (κ1) is 29.4. The Morgan fingerprint density at radius 3 is 1.28 bits per heavy atom. The van der Waals surface area contributed by atoms with Gasteiger partial charge < -0.3 is 14.5 Å². The van der Waals surface area contributed by atoms with E-state index in [-0.39, 0.29) is 11.6 Å². The Kier molecular flexibility index (Phi) is 7.10. The van der Waals surface area contributed by atoms with Crippen LogP contribution in [0.25, 0.3) is 0 Å². The molecule has 2 aliphatic rings. The number of hydrogen-bond acceptors (Lipinski definition) is 5. The molecule has 0 spiro atoms. The fourth-order valence-electron chi connectivity index (χ4n) is 7.01. The molecule has 5 nitrogen and oxygen atoms in total. The average Bonchev–Trinajstić information content (AvgIpc) is 3.18. The highest BCUT2D eigenvalue weighted by atomic mass is 16.5. The molecule has 50 heavy (non-hydrogen) atoms. The molecule has 0 aromatic heterocycles. The molecule has 0 amide bonds. The number of hydrogen-bond donors (Lipinski definition) is 0. The van der Waals surface area contributed by atoms with Crippen molar-refractivity contribution in [1.29, 1.82) is 0 Å². The number of fused-ring (bicyclic) bond motifs is 4. The van der Waals surface area contributed by atoms with Crippen LogP contribution in [0.1, 0.15) is 43.0 Å². The summed E-state index contributed by atoms with van der Waals surface area (Å²) in [5, 5.41) is 0. The van der Waals surface area contributed by atoms with Crippen LogP contribution in [0.4, 0.5) is 34.1 Å². The van der Waals surface area contributed by atoms with Gasteiger partial charge >= 0.3 is 0 Å². The monoisotopic (exact) mass is 646 g/mol. The van der Waals surface area contributed by atoms with E-state index in [2.05, 4.69) is 58.3 Å². The van der Waals surface area contributed by atoms with E-state index < -0.39 is 0 Å². The van der Waals surface area contributed by atoms with Gasteiger partial charge in [-0.15, -0.1) is 0 Å². The molecule has 0 saturated heterocycles. The van der Waals surface area contributed by atoms with Crippen LogP contribution in [0.3, 0.4) is 0 Å². The van der Waals surface area contributed by atoms with Gasteiger partial charge in [0, 0.05) is 51.4 Å². The zero-order valence-corrected chi connectivity index (χ0v) is 27.0. The number of ketones is 2. The van der Waals surface area contributed by atoms with Gasteiger partial charge in [0.1, 0.15) is 0 Å². The molecular formula is C45H30N2O3. The minimum atomic E-state index is -0.147. The summed E-state index contributed by atoms with van der Waals surface area (Å²) >= 11 is 0. The molecule has 0 fully saturated rings. The normalized spacial score (nSPS) is 12.6. The molecule has 0 bridgehead atoms. The van der Waals surface area contributed by atoms with Gasteiger partial charge in [0.15, 0.2) is 23.1 Å². The molecule has 0 unspecified atom stereocenters. The molecule has 0 aliphatic carbocycles. The zero-order chi connectivity index (χ0) is 33.6. The summed E-state index contributed by atoms with van der Waals surface area (Å²) in [4.78, 5) is 31.8. The zero-order valence-electron chi connectivity index (χ0n) is 27.0. The highest BCUT2D eigenvalue weighted by molar-refractivity contribution is 6.13. The molecule has 7 aromatic rings. The van der Waals surface area contributed by atoms with Crippen LogP contribution in [-0.4, -0.2) is 11.6 Å². The lowest BCUT2D eigenvalue weighted by atomic mass is 9.94. The van der Waals surface area contributed by atoms with E-state index in [4.69, 9.17) is 4.74 Å². The lowest BCUT2D eigenvalue weighted by Gasteiger charge is -2.33. The number of carbonyl (C=O) groups is 2. The average molecular weight is 647 g/mol. The second kappa shape index (κ2) is 12.1. The van der Waals surface area contributed by atoms with E-state index >= 15 is 0 Å². The van der Waals surface area contributed by atoms with Crippen LogP contribution in [0, 0.1) is 0 Å². The Hall–Kier alpha value is -6.72. The molecule has 0 radical (unpaired) electrons. The Bertz CT molecular complexity index is 2170. The highest BCUT2D eigenvalue weighted by Gasteiger charge is 2.26. The molecule has 238 valence electrons. The van der Waals surface area contributed by atoms with E-state index in [0.29, 0.717) is 22.3 Å². The predicted molar refractivity (Wildman–Crippen MR) is 198 cm³/mol. The Balaban J connectivity index is 0.969. The van der Waals surface area contributed by atoms with Crippen LogP contribution in [0.2, 0.25) is 0 Å². The summed E-state index contributed by atoms with van der Waals surface area (Å²) in [6.07, 6.45) is 0.884. The second-order valence-electron chi connectivity index (χ2n) is 12.5. The molecule has 7 aromatic carbocycles. The number of carbonyl (C=O) groups excluding carboxylic acids is 2. The van der Waals surface area contributed by atoms with E-state index in [9.17, 15) is 9.59 Å². The summed E-state index contributed by atoms with van der Waals surface area (Å²) in [7, 11) is 0. The third-order valence-corrected chi connectivity index (χ3v) is 9.44. The third kappa shape index (κ3) is 5.04. The maximum absolute atomic E-state index is 13.7. The standard InChI is InChI=1S/C45H30N2O3/c48-44(30-20-24-36(25-21-30)46-38-14-3-1-10-32(38)28-33-11-2-4-15-39(33)46)34-12-9-13-35(29-34)45(49)31-22-26-37(27-23-31)47-40-16-5-7-18-42(40)50-43-19-8-6-17-41(43)47/h1-27,29H,28H2.